The Morgan fingerprint density at radius 2 is 1.80 bits per heavy atom. The minimum Gasteiger partial charge on any atom is -0.611 e. The van der Waals surface area contributed by atoms with Gasteiger partial charge in [-0.2, -0.15) is 0 Å². The molecule has 1 aromatic heterocycles. The third-order valence-electron chi connectivity index (χ3n) is 7.85. The summed E-state index contributed by atoms with van der Waals surface area (Å²) in [5.41, 5.74) is 6.46. The van der Waals surface area contributed by atoms with Crippen molar-refractivity contribution in [2.75, 3.05) is 37.0 Å². The van der Waals surface area contributed by atoms with E-state index < -0.39 is 11.2 Å². The molecule has 0 radical (unpaired) electrons. The molecule has 46 heavy (non-hydrogen) atoms. The van der Waals surface area contributed by atoms with Gasteiger partial charge in [-0.05, 0) is 108 Å². The summed E-state index contributed by atoms with van der Waals surface area (Å²) in [7, 11) is 0. The lowest BCUT2D eigenvalue weighted by molar-refractivity contribution is -0.112. The first-order chi connectivity index (χ1) is 22.5. The minimum absolute atomic E-state index is 0.129. The number of hydrogen-bond donors (Lipinski definition) is 2. The zero-order valence-electron chi connectivity index (χ0n) is 26.8. The number of nitrogens with zero attached hydrogens (tertiary/aromatic N) is 2. The number of imidazole rings is 1. The number of carbonyl (C=O) groups is 1. The molecular weight excluding hydrogens is 596 g/mol. The fraction of sp³-hybridized carbons (Fsp3) is 0.351. The van der Waals surface area contributed by atoms with Crippen LogP contribution in [0.15, 0.2) is 89.7 Å². The molecule has 4 aromatic rings. The third-order valence-corrected chi connectivity index (χ3v) is 9.21. The van der Waals surface area contributed by atoms with Crippen molar-refractivity contribution in [3.63, 3.8) is 0 Å². The number of hydrogen-bond acceptors (Lipinski definition) is 6. The standard InChI is InChI=1S/C37H44N4O4S/c1-3-5-20-44-21-22-45-34-13-8-28(9-14-34)29-10-17-36-31(23-29)24-30(7-6-18-39-36)37(42)40-32-11-15-35(16-12-32)46(43)26-33-25-38-27-41(33)19-4-2/h8-17,23-25,27,39H,3-7,18-22,26H2,1-2H3,(H,40,42)/b30-24+. The molecule has 0 bridgehead atoms. The molecule has 0 fully saturated rings. The van der Waals surface area contributed by atoms with Crippen LogP contribution in [0.5, 0.6) is 5.75 Å². The Morgan fingerprint density at radius 3 is 2.59 bits per heavy atom. The summed E-state index contributed by atoms with van der Waals surface area (Å²) >= 11 is -1.21. The van der Waals surface area contributed by atoms with Gasteiger partial charge in [-0.3, -0.25) is 4.79 Å². The van der Waals surface area contributed by atoms with Crippen LogP contribution < -0.4 is 15.4 Å². The van der Waals surface area contributed by atoms with Crippen molar-refractivity contribution >= 4 is 34.5 Å². The molecule has 0 spiro atoms. The fourth-order valence-corrected chi connectivity index (χ4v) is 6.42. The van der Waals surface area contributed by atoms with Crippen LogP contribution in [0.25, 0.3) is 17.2 Å². The van der Waals surface area contributed by atoms with Crippen LogP contribution in [0.4, 0.5) is 11.4 Å². The summed E-state index contributed by atoms with van der Waals surface area (Å²) in [6.45, 7) is 7.78. The van der Waals surface area contributed by atoms with Gasteiger partial charge >= 0.3 is 0 Å². The molecule has 0 saturated heterocycles. The van der Waals surface area contributed by atoms with Crippen molar-refractivity contribution in [1.29, 1.82) is 0 Å². The lowest BCUT2D eigenvalue weighted by atomic mass is 9.97. The van der Waals surface area contributed by atoms with Crippen LogP contribution >= 0.6 is 0 Å². The molecule has 1 amide bonds. The Morgan fingerprint density at radius 1 is 1.00 bits per heavy atom. The van der Waals surface area contributed by atoms with E-state index in [0.717, 1.165) is 89.7 Å². The lowest BCUT2D eigenvalue weighted by Crippen LogP contribution is -2.17. The monoisotopic (exact) mass is 640 g/mol. The number of ether oxygens (including phenoxy) is 2. The topological polar surface area (TPSA) is 100 Å². The maximum atomic E-state index is 13.4. The number of rotatable bonds is 15. The van der Waals surface area contributed by atoms with Gasteiger partial charge in [0.25, 0.3) is 5.91 Å². The third kappa shape index (κ3) is 9.25. The van der Waals surface area contributed by atoms with E-state index in [9.17, 15) is 9.35 Å². The molecule has 242 valence electrons. The van der Waals surface area contributed by atoms with Gasteiger partial charge in [0.2, 0.25) is 0 Å². The van der Waals surface area contributed by atoms with E-state index in [2.05, 4.69) is 59.8 Å². The van der Waals surface area contributed by atoms with Gasteiger partial charge < -0.3 is 29.2 Å². The summed E-state index contributed by atoms with van der Waals surface area (Å²) < 4.78 is 26.5. The van der Waals surface area contributed by atoms with Crippen molar-refractivity contribution < 1.29 is 18.8 Å². The number of carbonyl (C=O) groups excluding carboxylic acids is 1. The second-order valence-electron chi connectivity index (χ2n) is 11.4. The van der Waals surface area contributed by atoms with E-state index in [1.54, 1.807) is 12.5 Å². The second kappa shape index (κ2) is 17.0. The first kappa shape index (κ1) is 33.3. The highest BCUT2D eigenvalue weighted by atomic mass is 32.2. The molecule has 0 saturated carbocycles. The van der Waals surface area contributed by atoms with Gasteiger partial charge in [0.15, 0.2) is 10.6 Å². The summed E-state index contributed by atoms with van der Waals surface area (Å²) in [6.07, 6.45) is 10.2. The Labute approximate surface area is 275 Å². The molecule has 2 heterocycles. The van der Waals surface area contributed by atoms with Crippen LogP contribution in [0.3, 0.4) is 0 Å². The van der Waals surface area contributed by atoms with Crippen LogP contribution in [0.2, 0.25) is 0 Å². The molecule has 0 aliphatic carbocycles. The first-order valence-electron chi connectivity index (χ1n) is 16.2. The SMILES string of the molecule is CCCCOCCOc1ccc(-c2ccc3c(c2)/C=C(/C(=O)Nc2ccc([S+]([O-])Cc4cncn4CCC)cc2)CCCN3)cc1. The van der Waals surface area contributed by atoms with E-state index in [0.29, 0.717) is 31.1 Å². The largest absolute Gasteiger partial charge is 0.611 e. The predicted molar refractivity (Wildman–Crippen MR) is 187 cm³/mol. The Bertz CT molecular complexity index is 1580. The van der Waals surface area contributed by atoms with Crippen LogP contribution in [0.1, 0.15) is 57.2 Å². The molecular formula is C37H44N4O4S. The Hall–Kier alpha value is -4.05. The normalized spacial score (nSPS) is 14.6. The molecule has 9 heteroatoms. The molecule has 2 N–H and O–H groups in total. The van der Waals surface area contributed by atoms with Crippen molar-refractivity contribution in [2.45, 2.75) is 63.1 Å². The average Bonchev–Trinajstić information content (AvgIpc) is 3.50. The summed E-state index contributed by atoms with van der Waals surface area (Å²) in [6, 6.07) is 21.6. The molecule has 3 aromatic carbocycles. The van der Waals surface area contributed by atoms with Crippen LogP contribution in [0, 0.1) is 0 Å². The quantitative estimate of drug-likeness (QED) is 0.102. The van der Waals surface area contributed by atoms with Crippen molar-refractivity contribution in [3.05, 3.63) is 96.1 Å². The molecule has 1 atom stereocenters. The number of fused-ring (bicyclic) bond motifs is 1. The molecule has 1 aliphatic heterocycles. The molecule has 5 rings (SSSR count). The van der Waals surface area contributed by atoms with Crippen LogP contribution in [-0.2, 0) is 33.0 Å². The minimum atomic E-state index is -1.21. The summed E-state index contributed by atoms with van der Waals surface area (Å²) in [5.74, 6) is 1.09. The number of amides is 1. The second-order valence-corrected chi connectivity index (χ2v) is 12.8. The van der Waals surface area contributed by atoms with E-state index in [-0.39, 0.29) is 5.91 Å². The fourth-order valence-electron chi connectivity index (χ4n) is 5.30. The number of nitrogens with one attached hydrogen (secondary N) is 2. The Kier molecular flexibility index (Phi) is 12.3. The summed E-state index contributed by atoms with van der Waals surface area (Å²) in [5, 5.41) is 6.55. The maximum Gasteiger partial charge on any atom is 0.251 e. The van der Waals surface area contributed by atoms with Gasteiger partial charge in [0.05, 0.1) is 24.8 Å². The van der Waals surface area contributed by atoms with Gasteiger partial charge in [-0.15, -0.1) is 0 Å². The van der Waals surface area contributed by atoms with Gasteiger partial charge in [0.1, 0.15) is 12.4 Å². The number of aromatic nitrogens is 2. The number of unbranched alkanes of at least 4 members (excludes halogenated alkanes) is 1. The van der Waals surface area contributed by atoms with Gasteiger partial charge in [-0.1, -0.05) is 38.5 Å². The van der Waals surface area contributed by atoms with E-state index in [1.807, 2.05) is 47.0 Å². The number of benzene rings is 3. The highest BCUT2D eigenvalue weighted by Gasteiger charge is 2.17. The highest BCUT2D eigenvalue weighted by Crippen LogP contribution is 2.30. The first-order valence-corrected chi connectivity index (χ1v) is 17.5. The number of aryl methyl sites for hydroxylation is 1. The van der Waals surface area contributed by atoms with E-state index in [4.69, 9.17) is 9.47 Å². The molecule has 8 nitrogen and oxygen atoms in total. The lowest BCUT2D eigenvalue weighted by Gasteiger charge is -2.17. The van der Waals surface area contributed by atoms with Crippen molar-refractivity contribution in [1.82, 2.24) is 9.55 Å². The van der Waals surface area contributed by atoms with E-state index in [1.165, 1.54) is 0 Å². The molecule has 1 unspecified atom stereocenters. The van der Waals surface area contributed by atoms with Crippen LogP contribution in [-0.4, -0.2) is 46.4 Å². The van der Waals surface area contributed by atoms with Gasteiger partial charge in [0, 0.05) is 36.6 Å². The summed E-state index contributed by atoms with van der Waals surface area (Å²) in [4.78, 5) is 18.4. The average molecular weight is 641 g/mol. The van der Waals surface area contributed by atoms with Gasteiger partial charge in [-0.25, -0.2) is 4.98 Å². The zero-order chi connectivity index (χ0) is 32.1. The maximum absolute atomic E-state index is 13.4. The predicted octanol–water partition coefficient (Wildman–Crippen LogP) is 7.69. The van der Waals surface area contributed by atoms with Crippen molar-refractivity contribution in [2.24, 2.45) is 0 Å². The van der Waals surface area contributed by atoms with Crippen molar-refractivity contribution in [3.8, 4) is 16.9 Å². The number of anilines is 2. The Balaban J connectivity index is 1.22. The smallest absolute Gasteiger partial charge is 0.251 e. The molecule has 1 aliphatic rings. The highest BCUT2D eigenvalue weighted by molar-refractivity contribution is 7.90. The zero-order valence-corrected chi connectivity index (χ0v) is 27.6. The van der Waals surface area contributed by atoms with E-state index >= 15 is 0 Å².